The van der Waals surface area contributed by atoms with Gasteiger partial charge in [-0.25, -0.2) is 8.78 Å². The molecule has 112 valence electrons. The number of hydrogen-bond donors (Lipinski definition) is 1. The zero-order chi connectivity index (χ0) is 15.4. The van der Waals surface area contributed by atoms with Crippen molar-refractivity contribution in [2.24, 2.45) is 0 Å². The van der Waals surface area contributed by atoms with Gasteiger partial charge >= 0.3 is 0 Å². The first-order valence-electron chi connectivity index (χ1n) is 6.64. The molecule has 0 heterocycles. The first-order chi connectivity index (χ1) is 10.0. The molecule has 5 heteroatoms. The van der Waals surface area contributed by atoms with Crippen molar-refractivity contribution < 1.29 is 8.78 Å². The topological polar surface area (TPSA) is 12.0 Å². The molecule has 1 nitrogen and oxygen atoms in total. The summed E-state index contributed by atoms with van der Waals surface area (Å²) in [6, 6.07) is 9.07. The molecule has 0 saturated carbocycles. The van der Waals surface area contributed by atoms with Crippen LogP contribution >= 0.6 is 23.2 Å². The molecule has 0 aliphatic heterocycles. The molecule has 2 rings (SSSR count). The van der Waals surface area contributed by atoms with Crippen LogP contribution in [0.4, 0.5) is 8.78 Å². The molecule has 0 amide bonds. The SMILES string of the molecule is CCNC(Cc1cccc(F)c1F)c1cc(Cl)ccc1Cl. The van der Waals surface area contributed by atoms with Gasteiger partial charge in [0.05, 0.1) is 0 Å². The van der Waals surface area contributed by atoms with Gasteiger partial charge in [0.2, 0.25) is 0 Å². The van der Waals surface area contributed by atoms with Crippen LogP contribution in [0.5, 0.6) is 0 Å². The monoisotopic (exact) mass is 329 g/mol. The molecule has 0 saturated heterocycles. The average molecular weight is 330 g/mol. The van der Waals surface area contributed by atoms with E-state index in [9.17, 15) is 8.78 Å². The molecular formula is C16H15Cl2F2N. The fourth-order valence-corrected chi connectivity index (χ4v) is 2.68. The van der Waals surface area contributed by atoms with Crippen LogP contribution in [0.3, 0.4) is 0 Å². The second kappa shape index (κ2) is 7.21. The van der Waals surface area contributed by atoms with Crippen LogP contribution in [0.2, 0.25) is 10.0 Å². The molecule has 1 N–H and O–H groups in total. The standard InChI is InChI=1S/C16H15Cl2F2N/c1-2-21-15(12-9-11(17)6-7-13(12)18)8-10-4-3-5-14(19)16(10)20/h3-7,9,15,21H,2,8H2,1H3. The smallest absolute Gasteiger partial charge is 0.162 e. The van der Waals surface area contributed by atoms with E-state index in [2.05, 4.69) is 5.32 Å². The summed E-state index contributed by atoms with van der Waals surface area (Å²) in [5.74, 6) is -1.67. The minimum absolute atomic E-state index is 0.238. The van der Waals surface area contributed by atoms with Crippen LogP contribution in [0, 0.1) is 11.6 Å². The highest BCUT2D eigenvalue weighted by Gasteiger charge is 2.18. The molecule has 0 radical (unpaired) electrons. The predicted octanol–water partition coefficient (Wildman–Crippen LogP) is 5.16. The maximum atomic E-state index is 13.8. The summed E-state index contributed by atoms with van der Waals surface area (Å²) in [6.45, 7) is 2.61. The molecule has 0 spiro atoms. The van der Waals surface area contributed by atoms with E-state index in [4.69, 9.17) is 23.2 Å². The molecule has 21 heavy (non-hydrogen) atoms. The molecule has 0 aromatic heterocycles. The number of benzene rings is 2. The van der Waals surface area contributed by atoms with E-state index < -0.39 is 11.6 Å². The van der Waals surface area contributed by atoms with Crippen molar-refractivity contribution in [1.29, 1.82) is 0 Å². The van der Waals surface area contributed by atoms with E-state index in [1.807, 2.05) is 6.92 Å². The maximum Gasteiger partial charge on any atom is 0.162 e. The zero-order valence-electron chi connectivity index (χ0n) is 11.5. The van der Waals surface area contributed by atoms with Gasteiger partial charge < -0.3 is 5.32 Å². The fourth-order valence-electron chi connectivity index (χ4n) is 2.25. The van der Waals surface area contributed by atoms with Gasteiger partial charge in [-0.3, -0.25) is 0 Å². The quantitative estimate of drug-likeness (QED) is 0.798. The number of likely N-dealkylation sites (N-methyl/N-ethyl adjacent to an activating group) is 1. The second-order valence-electron chi connectivity index (χ2n) is 4.69. The third kappa shape index (κ3) is 3.94. The van der Waals surface area contributed by atoms with Crippen LogP contribution in [0.25, 0.3) is 0 Å². The van der Waals surface area contributed by atoms with Crippen molar-refractivity contribution in [2.75, 3.05) is 6.54 Å². The molecule has 0 fully saturated rings. The number of rotatable bonds is 5. The van der Waals surface area contributed by atoms with Crippen LogP contribution in [0.15, 0.2) is 36.4 Å². The third-order valence-corrected chi connectivity index (χ3v) is 3.82. The van der Waals surface area contributed by atoms with Crippen molar-refractivity contribution in [1.82, 2.24) is 5.32 Å². The molecule has 1 unspecified atom stereocenters. The highest BCUT2D eigenvalue weighted by molar-refractivity contribution is 6.33. The van der Waals surface area contributed by atoms with Gasteiger partial charge in [0.15, 0.2) is 11.6 Å². The van der Waals surface area contributed by atoms with Gasteiger partial charge in [0.1, 0.15) is 0 Å². The highest BCUT2D eigenvalue weighted by atomic mass is 35.5. The van der Waals surface area contributed by atoms with Gasteiger partial charge in [0.25, 0.3) is 0 Å². The summed E-state index contributed by atoms with van der Waals surface area (Å²) in [6.07, 6.45) is 0.289. The number of hydrogen-bond acceptors (Lipinski definition) is 1. The molecule has 0 aliphatic rings. The van der Waals surface area contributed by atoms with Crippen LogP contribution < -0.4 is 5.32 Å². The Labute approximate surface area is 132 Å². The third-order valence-electron chi connectivity index (χ3n) is 3.24. The Balaban J connectivity index is 2.35. The summed E-state index contributed by atoms with van der Waals surface area (Å²) in [5, 5.41) is 4.33. The van der Waals surface area contributed by atoms with Crippen molar-refractivity contribution in [3.05, 3.63) is 69.2 Å². The Bertz CT molecular complexity index is 632. The van der Waals surface area contributed by atoms with Gasteiger partial charge in [0, 0.05) is 16.1 Å². The Hall–Kier alpha value is -1.16. The van der Waals surface area contributed by atoms with Crippen LogP contribution in [0.1, 0.15) is 24.1 Å². The van der Waals surface area contributed by atoms with Crippen LogP contribution in [-0.4, -0.2) is 6.54 Å². The van der Waals surface area contributed by atoms with Crippen molar-refractivity contribution in [3.8, 4) is 0 Å². The first-order valence-corrected chi connectivity index (χ1v) is 7.39. The van der Waals surface area contributed by atoms with Crippen LogP contribution in [-0.2, 0) is 6.42 Å². The zero-order valence-corrected chi connectivity index (χ0v) is 13.0. The second-order valence-corrected chi connectivity index (χ2v) is 5.54. The van der Waals surface area contributed by atoms with E-state index >= 15 is 0 Å². The van der Waals surface area contributed by atoms with E-state index in [1.54, 1.807) is 24.3 Å². The fraction of sp³-hybridized carbons (Fsp3) is 0.250. The molecule has 2 aromatic rings. The minimum Gasteiger partial charge on any atom is -0.310 e. The van der Waals surface area contributed by atoms with E-state index in [-0.39, 0.29) is 12.5 Å². The Kier molecular flexibility index (Phi) is 5.57. The molecule has 1 atom stereocenters. The number of halogens is 4. The van der Waals surface area contributed by atoms with Crippen molar-refractivity contribution >= 4 is 23.2 Å². The van der Waals surface area contributed by atoms with E-state index in [1.165, 1.54) is 6.07 Å². The lowest BCUT2D eigenvalue weighted by Gasteiger charge is -2.20. The Morgan fingerprint density at radius 2 is 1.90 bits per heavy atom. The molecule has 2 aromatic carbocycles. The molecule has 0 aliphatic carbocycles. The Morgan fingerprint density at radius 3 is 2.62 bits per heavy atom. The number of nitrogens with one attached hydrogen (secondary N) is 1. The van der Waals surface area contributed by atoms with Gasteiger partial charge in [-0.15, -0.1) is 0 Å². The summed E-state index contributed by atoms with van der Waals surface area (Å²) in [5.41, 5.74) is 1.08. The minimum atomic E-state index is -0.847. The molecule has 0 bridgehead atoms. The van der Waals surface area contributed by atoms with Crippen molar-refractivity contribution in [2.45, 2.75) is 19.4 Å². The lowest BCUT2D eigenvalue weighted by molar-refractivity contribution is 0.481. The summed E-state index contributed by atoms with van der Waals surface area (Å²) in [7, 11) is 0. The van der Waals surface area contributed by atoms with Crippen molar-refractivity contribution in [3.63, 3.8) is 0 Å². The van der Waals surface area contributed by atoms with Gasteiger partial charge in [-0.2, -0.15) is 0 Å². The molecular weight excluding hydrogens is 315 g/mol. The Morgan fingerprint density at radius 1 is 1.14 bits per heavy atom. The maximum absolute atomic E-state index is 13.8. The highest BCUT2D eigenvalue weighted by Crippen LogP contribution is 2.29. The lowest BCUT2D eigenvalue weighted by atomic mass is 9.98. The average Bonchev–Trinajstić information content (AvgIpc) is 2.46. The van der Waals surface area contributed by atoms with E-state index in [0.717, 1.165) is 11.6 Å². The predicted molar refractivity (Wildman–Crippen MR) is 82.9 cm³/mol. The lowest BCUT2D eigenvalue weighted by Crippen LogP contribution is -2.23. The van der Waals surface area contributed by atoms with Gasteiger partial charge in [-0.05, 0) is 48.4 Å². The summed E-state index contributed by atoms with van der Waals surface area (Å²) >= 11 is 12.2. The van der Waals surface area contributed by atoms with Gasteiger partial charge in [-0.1, -0.05) is 42.3 Å². The normalized spacial score (nSPS) is 12.4. The summed E-state index contributed by atoms with van der Waals surface area (Å²) in [4.78, 5) is 0. The summed E-state index contributed by atoms with van der Waals surface area (Å²) < 4.78 is 27.2. The van der Waals surface area contributed by atoms with E-state index in [0.29, 0.717) is 22.2 Å². The first kappa shape index (κ1) is 16.2. The largest absolute Gasteiger partial charge is 0.310 e.